The van der Waals surface area contributed by atoms with Gasteiger partial charge in [0.05, 0.1) is 18.5 Å². The van der Waals surface area contributed by atoms with Crippen LogP contribution in [0.2, 0.25) is 0 Å². The molecule has 0 atom stereocenters. The number of para-hydroxylation sites is 1. The van der Waals surface area contributed by atoms with Crippen LogP contribution in [0.3, 0.4) is 0 Å². The highest BCUT2D eigenvalue weighted by Gasteiger charge is 2.26. The fraction of sp³-hybridized carbons (Fsp3) is 0.273. The zero-order valence-electron chi connectivity index (χ0n) is 15.9. The van der Waals surface area contributed by atoms with E-state index in [1.165, 1.54) is 5.69 Å². The maximum Gasteiger partial charge on any atom is 0.211 e. The monoisotopic (exact) mass is 376 g/mol. The average molecular weight is 376 g/mol. The first-order valence-corrected chi connectivity index (χ1v) is 9.53. The van der Waals surface area contributed by atoms with Crippen molar-refractivity contribution in [2.45, 2.75) is 18.8 Å². The molecule has 3 aromatic rings. The zero-order chi connectivity index (χ0) is 19.3. The number of anilines is 2. The maximum absolute atomic E-state index is 11.2. The molecule has 0 saturated carbocycles. The molecule has 2 N–H and O–H groups in total. The Bertz CT molecular complexity index is 913. The van der Waals surface area contributed by atoms with Crippen molar-refractivity contribution < 1.29 is 9.53 Å². The number of aromatic amines is 1. The summed E-state index contributed by atoms with van der Waals surface area (Å²) in [5.74, 6) is 1.12. The first-order valence-electron chi connectivity index (χ1n) is 9.53. The van der Waals surface area contributed by atoms with Gasteiger partial charge in [-0.05, 0) is 49.2 Å². The molecule has 0 aliphatic carbocycles. The highest BCUT2D eigenvalue weighted by atomic mass is 16.5. The van der Waals surface area contributed by atoms with Crippen LogP contribution < -0.4 is 15.0 Å². The molecule has 0 spiro atoms. The van der Waals surface area contributed by atoms with Crippen LogP contribution in [0.25, 0.3) is 11.3 Å². The number of piperidine rings is 1. The molecule has 2 heterocycles. The molecule has 1 amide bonds. The van der Waals surface area contributed by atoms with E-state index in [0.717, 1.165) is 60.7 Å². The lowest BCUT2D eigenvalue weighted by Crippen LogP contribution is -2.33. The third-order valence-electron chi connectivity index (χ3n) is 5.39. The minimum Gasteiger partial charge on any atom is -0.497 e. The Labute approximate surface area is 164 Å². The van der Waals surface area contributed by atoms with Crippen LogP contribution in [-0.4, -0.2) is 36.8 Å². The molecule has 1 aromatic heterocycles. The minimum atomic E-state index is 0.335. The number of nitrogens with one attached hydrogen (secondary N) is 2. The summed E-state index contributed by atoms with van der Waals surface area (Å²) in [5.41, 5.74) is 4.74. The highest BCUT2D eigenvalue weighted by molar-refractivity contribution is 5.85. The van der Waals surface area contributed by atoms with Crippen LogP contribution in [0, 0.1) is 0 Å². The summed E-state index contributed by atoms with van der Waals surface area (Å²) in [7, 11) is 1.64. The molecule has 6 nitrogen and oxygen atoms in total. The molecule has 6 heteroatoms. The number of hydrogen-bond donors (Lipinski definition) is 2. The van der Waals surface area contributed by atoms with Gasteiger partial charge in [0.2, 0.25) is 6.41 Å². The summed E-state index contributed by atoms with van der Waals surface area (Å²) in [6.45, 7) is 1.96. The third kappa shape index (κ3) is 3.58. The summed E-state index contributed by atoms with van der Waals surface area (Å²) in [6.07, 6.45) is 2.74. The molecule has 2 aromatic carbocycles. The Morgan fingerprint density at radius 3 is 2.46 bits per heavy atom. The van der Waals surface area contributed by atoms with Crippen LogP contribution >= 0.6 is 0 Å². The minimum absolute atomic E-state index is 0.335. The zero-order valence-corrected chi connectivity index (χ0v) is 15.9. The van der Waals surface area contributed by atoms with Crippen molar-refractivity contribution in [2.75, 3.05) is 30.4 Å². The van der Waals surface area contributed by atoms with Gasteiger partial charge in [0.25, 0.3) is 0 Å². The van der Waals surface area contributed by atoms with Gasteiger partial charge in [-0.15, -0.1) is 0 Å². The van der Waals surface area contributed by atoms with Gasteiger partial charge in [-0.2, -0.15) is 5.10 Å². The third-order valence-corrected chi connectivity index (χ3v) is 5.39. The number of benzene rings is 2. The average Bonchev–Trinajstić information content (AvgIpc) is 3.18. The summed E-state index contributed by atoms with van der Waals surface area (Å²) in [4.78, 5) is 13.7. The Morgan fingerprint density at radius 1 is 1.11 bits per heavy atom. The van der Waals surface area contributed by atoms with Gasteiger partial charge in [0.1, 0.15) is 11.4 Å². The van der Waals surface area contributed by atoms with Crippen LogP contribution in [-0.2, 0) is 4.79 Å². The molecule has 0 bridgehead atoms. The van der Waals surface area contributed by atoms with Crippen molar-refractivity contribution in [3.05, 3.63) is 60.3 Å². The molecule has 144 valence electrons. The lowest BCUT2D eigenvalue weighted by atomic mass is 9.91. The number of carbonyl (C=O) groups is 1. The van der Waals surface area contributed by atoms with Gasteiger partial charge < -0.3 is 15.0 Å². The standard InChI is InChI=1S/C22H24N4O2/c1-28-19-9-7-16(8-10-19)20-22(23-15-27)21(25-24-20)17-11-13-26(14-12-17)18-5-3-2-4-6-18/h2-10,15,17H,11-14H2,1H3,(H,23,27)(H,24,25). The van der Waals surface area contributed by atoms with Gasteiger partial charge in [0.15, 0.2) is 0 Å². The van der Waals surface area contributed by atoms with Gasteiger partial charge in [-0.25, -0.2) is 0 Å². The molecule has 0 radical (unpaired) electrons. The number of nitrogens with zero attached hydrogens (tertiary/aromatic N) is 2. The van der Waals surface area contributed by atoms with Crippen molar-refractivity contribution in [1.82, 2.24) is 10.2 Å². The van der Waals surface area contributed by atoms with Crippen molar-refractivity contribution in [1.29, 1.82) is 0 Å². The van der Waals surface area contributed by atoms with E-state index < -0.39 is 0 Å². The molecule has 28 heavy (non-hydrogen) atoms. The lowest BCUT2D eigenvalue weighted by molar-refractivity contribution is -0.105. The predicted octanol–water partition coefficient (Wildman–Crippen LogP) is 4.04. The molecule has 1 fully saturated rings. The van der Waals surface area contributed by atoms with Crippen LogP contribution in [0.1, 0.15) is 24.5 Å². The van der Waals surface area contributed by atoms with Crippen molar-refractivity contribution in [3.8, 4) is 17.0 Å². The van der Waals surface area contributed by atoms with Gasteiger partial charge in [-0.3, -0.25) is 9.89 Å². The second-order valence-electron chi connectivity index (χ2n) is 6.95. The molecular weight excluding hydrogens is 352 g/mol. The predicted molar refractivity (Wildman–Crippen MR) is 111 cm³/mol. The van der Waals surface area contributed by atoms with E-state index in [0.29, 0.717) is 5.92 Å². The van der Waals surface area contributed by atoms with Crippen LogP contribution in [0.4, 0.5) is 11.4 Å². The Hall–Kier alpha value is -3.28. The molecule has 1 saturated heterocycles. The Balaban J connectivity index is 1.55. The van der Waals surface area contributed by atoms with Crippen molar-refractivity contribution in [2.24, 2.45) is 0 Å². The summed E-state index contributed by atoms with van der Waals surface area (Å²) in [6, 6.07) is 18.2. The lowest BCUT2D eigenvalue weighted by Gasteiger charge is -2.33. The number of methoxy groups -OCH3 is 1. The molecule has 1 aliphatic heterocycles. The topological polar surface area (TPSA) is 70.2 Å². The quantitative estimate of drug-likeness (QED) is 0.637. The molecule has 4 rings (SSSR count). The van der Waals surface area contributed by atoms with Crippen molar-refractivity contribution >= 4 is 17.8 Å². The number of carbonyl (C=O) groups excluding carboxylic acids is 1. The fourth-order valence-electron chi connectivity index (χ4n) is 3.88. The van der Waals surface area contributed by atoms with Gasteiger partial charge in [0, 0.05) is 30.3 Å². The normalized spacial score (nSPS) is 14.7. The van der Waals surface area contributed by atoms with Crippen molar-refractivity contribution in [3.63, 3.8) is 0 Å². The van der Waals surface area contributed by atoms with E-state index in [2.05, 4.69) is 44.7 Å². The SMILES string of the molecule is COc1ccc(-c2n[nH]c(C3CCN(c4ccccc4)CC3)c2NC=O)cc1. The first-order chi connectivity index (χ1) is 13.8. The Morgan fingerprint density at radius 2 is 1.82 bits per heavy atom. The first kappa shape index (κ1) is 18.1. The fourth-order valence-corrected chi connectivity index (χ4v) is 3.88. The summed E-state index contributed by atoms with van der Waals surface area (Å²) in [5, 5.41) is 10.6. The van der Waals surface area contributed by atoms with Gasteiger partial charge >= 0.3 is 0 Å². The second-order valence-corrected chi connectivity index (χ2v) is 6.95. The van der Waals surface area contributed by atoms with E-state index in [9.17, 15) is 4.79 Å². The number of ether oxygens (including phenoxy) is 1. The molecular formula is C22H24N4O2. The number of H-pyrrole nitrogens is 1. The number of amides is 1. The smallest absolute Gasteiger partial charge is 0.211 e. The molecule has 0 unspecified atom stereocenters. The van der Waals surface area contributed by atoms with Crippen LogP contribution in [0.15, 0.2) is 54.6 Å². The van der Waals surface area contributed by atoms with Gasteiger partial charge in [-0.1, -0.05) is 18.2 Å². The van der Waals surface area contributed by atoms with E-state index in [4.69, 9.17) is 4.74 Å². The largest absolute Gasteiger partial charge is 0.497 e. The van der Waals surface area contributed by atoms with E-state index in [-0.39, 0.29) is 0 Å². The van der Waals surface area contributed by atoms with E-state index in [1.54, 1.807) is 7.11 Å². The second kappa shape index (κ2) is 8.17. The van der Waals surface area contributed by atoms with E-state index >= 15 is 0 Å². The summed E-state index contributed by atoms with van der Waals surface area (Å²) < 4.78 is 5.23. The highest BCUT2D eigenvalue weighted by Crippen LogP contribution is 2.38. The number of rotatable bonds is 6. The van der Waals surface area contributed by atoms with Crippen LogP contribution in [0.5, 0.6) is 5.75 Å². The summed E-state index contributed by atoms with van der Waals surface area (Å²) >= 11 is 0. The number of aromatic nitrogens is 2. The van der Waals surface area contributed by atoms with E-state index in [1.807, 2.05) is 30.3 Å². The maximum atomic E-state index is 11.2. The Kier molecular flexibility index (Phi) is 5.28. The number of hydrogen-bond acceptors (Lipinski definition) is 4. The molecule has 1 aliphatic rings.